The summed E-state index contributed by atoms with van der Waals surface area (Å²) in [6, 6.07) is 6.61. The first-order chi connectivity index (χ1) is 9.13. The summed E-state index contributed by atoms with van der Waals surface area (Å²) in [4.78, 5) is 11.8. The highest BCUT2D eigenvalue weighted by Gasteiger charge is 2.33. The lowest BCUT2D eigenvalue weighted by molar-refractivity contribution is -0.118. The SMILES string of the molecule is O=C(C=Cc1ccc(O)cc1)NC1(CO)CCCC1. The molecule has 1 aliphatic rings. The van der Waals surface area contributed by atoms with Gasteiger partial charge in [-0.25, -0.2) is 0 Å². The number of phenols is 1. The summed E-state index contributed by atoms with van der Waals surface area (Å²) in [6.45, 7) is -0.00815. The summed E-state index contributed by atoms with van der Waals surface area (Å²) < 4.78 is 0. The first-order valence-corrected chi connectivity index (χ1v) is 6.54. The Morgan fingerprint density at radius 2 is 1.89 bits per heavy atom. The van der Waals surface area contributed by atoms with Crippen molar-refractivity contribution in [2.24, 2.45) is 0 Å². The molecule has 0 spiro atoms. The molecule has 102 valence electrons. The van der Waals surface area contributed by atoms with Crippen molar-refractivity contribution in [2.45, 2.75) is 31.2 Å². The van der Waals surface area contributed by atoms with Crippen LogP contribution in [0.1, 0.15) is 31.2 Å². The molecule has 0 radical (unpaired) electrons. The lowest BCUT2D eigenvalue weighted by Crippen LogP contribution is -2.48. The van der Waals surface area contributed by atoms with E-state index in [0.29, 0.717) is 0 Å². The minimum atomic E-state index is -0.434. The van der Waals surface area contributed by atoms with Crippen molar-refractivity contribution in [3.8, 4) is 5.75 Å². The van der Waals surface area contributed by atoms with Gasteiger partial charge < -0.3 is 15.5 Å². The van der Waals surface area contributed by atoms with Crippen molar-refractivity contribution in [3.05, 3.63) is 35.9 Å². The second kappa shape index (κ2) is 5.89. The molecule has 4 nitrogen and oxygen atoms in total. The lowest BCUT2D eigenvalue weighted by atomic mass is 9.99. The van der Waals surface area contributed by atoms with Gasteiger partial charge in [0.05, 0.1) is 12.1 Å². The first kappa shape index (κ1) is 13.6. The minimum absolute atomic E-state index is 0.00815. The molecule has 0 bridgehead atoms. The Hall–Kier alpha value is -1.81. The van der Waals surface area contributed by atoms with Gasteiger partial charge in [-0.05, 0) is 36.6 Å². The molecule has 0 unspecified atom stereocenters. The van der Waals surface area contributed by atoms with E-state index in [2.05, 4.69) is 5.32 Å². The fraction of sp³-hybridized carbons (Fsp3) is 0.400. The maximum atomic E-state index is 11.8. The van der Waals surface area contributed by atoms with Gasteiger partial charge >= 0.3 is 0 Å². The Labute approximate surface area is 112 Å². The number of phenolic OH excluding ortho intramolecular Hbond substituents is 1. The number of aliphatic hydroxyl groups excluding tert-OH is 1. The van der Waals surface area contributed by atoms with Gasteiger partial charge in [0.15, 0.2) is 0 Å². The molecule has 1 aliphatic carbocycles. The number of rotatable bonds is 4. The summed E-state index contributed by atoms with van der Waals surface area (Å²) in [7, 11) is 0. The maximum Gasteiger partial charge on any atom is 0.244 e. The topological polar surface area (TPSA) is 69.6 Å². The van der Waals surface area contributed by atoms with Crippen molar-refractivity contribution in [2.75, 3.05) is 6.61 Å². The van der Waals surface area contributed by atoms with Crippen LogP contribution in [0.2, 0.25) is 0 Å². The molecule has 0 atom stereocenters. The molecule has 4 heteroatoms. The molecule has 1 aromatic carbocycles. The second-order valence-electron chi connectivity index (χ2n) is 5.06. The molecular formula is C15H19NO3. The van der Waals surface area contributed by atoms with Crippen LogP contribution in [-0.2, 0) is 4.79 Å². The fourth-order valence-electron chi connectivity index (χ4n) is 2.43. The van der Waals surface area contributed by atoms with E-state index in [9.17, 15) is 9.90 Å². The smallest absolute Gasteiger partial charge is 0.244 e. The predicted octanol–water partition coefficient (Wildman–Crippen LogP) is 1.83. The highest BCUT2D eigenvalue weighted by atomic mass is 16.3. The number of aromatic hydroxyl groups is 1. The highest BCUT2D eigenvalue weighted by molar-refractivity contribution is 5.92. The van der Waals surface area contributed by atoms with Crippen LogP contribution in [0.15, 0.2) is 30.3 Å². The third-order valence-electron chi connectivity index (χ3n) is 3.57. The third-order valence-corrected chi connectivity index (χ3v) is 3.57. The Balaban J connectivity index is 1.95. The summed E-state index contributed by atoms with van der Waals surface area (Å²) in [6.07, 6.45) is 6.91. The van der Waals surface area contributed by atoms with E-state index in [1.807, 2.05) is 0 Å². The van der Waals surface area contributed by atoms with Crippen LogP contribution in [0.4, 0.5) is 0 Å². The van der Waals surface area contributed by atoms with Gasteiger partial charge in [-0.3, -0.25) is 4.79 Å². The molecule has 1 fully saturated rings. The van der Waals surface area contributed by atoms with Gasteiger partial charge in [0.1, 0.15) is 5.75 Å². The van der Waals surface area contributed by atoms with E-state index in [-0.39, 0.29) is 18.3 Å². The molecule has 2 rings (SSSR count). The monoisotopic (exact) mass is 261 g/mol. The quantitative estimate of drug-likeness (QED) is 0.724. The van der Waals surface area contributed by atoms with Crippen LogP contribution in [0.3, 0.4) is 0 Å². The Morgan fingerprint density at radius 1 is 1.26 bits per heavy atom. The molecule has 1 aromatic rings. The van der Waals surface area contributed by atoms with Crippen molar-refractivity contribution in [3.63, 3.8) is 0 Å². The molecule has 0 heterocycles. The van der Waals surface area contributed by atoms with Crippen LogP contribution in [0.25, 0.3) is 6.08 Å². The summed E-state index contributed by atoms with van der Waals surface area (Å²) in [5.74, 6) is 0.0100. The molecule has 3 N–H and O–H groups in total. The van der Waals surface area contributed by atoms with Crippen LogP contribution in [0.5, 0.6) is 5.75 Å². The number of carbonyl (C=O) groups is 1. The van der Waals surface area contributed by atoms with E-state index in [1.165, 1.54) is 6.08 Å². The van der Waals surface area contributed by atoms with Crippen LogP contribution in [0, 0.1) is 0 Å². The Kier molecular flexibility index (Phi) is 4.22. The number of nitrogens with one attached hydrogen (secondary N) is 1. The lowest BCUT2D eigenvalue weighted by Gasteiger charge is -2.27. The van der Waals surface area contributed by atoms with Crippen molar-refractivity contribution >= 4 is 12.0 Å². The summed E-state index contributed by atoms with van der Waals surface area (Å²) in [5, 5.41) is 21.5. The highest BCUT2D eigenvalue weighted by Crippen LogP contribution is 2.29. The Morgan fingerprint density at radius 3 is 2.47 bits per heavy atom. The van der Waals surface area contributed by atoms with Gasteiger partial charge in [0, 0.05) is 6.08 Å². The number of amides is 1. The van der Waals surface area contributed by atoms with Crippen molar-refractivity contribution in [1.29, 1.82) is 0 Å². The van der Waals surface area contributed by atoms with E-state index in [4.69, 9.17) is 5.11 Å². The molecule has 19 heavy (non-hydrogen) atoms. The van der Waals surface area contributed by atoms with E-state index >= 15 is 0 Å². The minimum Gasteiger partial charge on any atom is -0.508 e. The molecule has 0 aromatic heterocycles. The number of hydrogen-bond donors (Lipinski definition) is 3. The maximum absolute atomic E-state index is 11.8. The van der Waals surface area contributed by atoms with Gasteiger partial charge in [0.2, 0.25) is 5.91 Å². The Bertz CT molecular complexity index is 459. The van der Waals surface area contributed by atoms with Crippen LogP contribution in [-0.4, -0.2) is 28.3 Å². The zero-order valence-electron chi connectivity index (χ0n) is 10.8. The molecular weight excluding hydrogens is 242 g/mol. The molecule has 0 aliphatic heterocycles. The number of benzene rings is 1. The second-order valence-corrected chi connectivity index (χ2v) is 5.06. The normalized spacial score (nSPS) is 17.7. The third kappa shape index (κ3) is 3.58. The van der Waals surface area contributed by atoms with Gasteiger partial charge in [-0.2, -0.15) is 0 Å². The van der Waals surface area contributed by atoms with E-state index in [1.54, 1.807) is 30.3 Å². The zero-order valence-corrected chi connectivity index (χ0v) is 10.8. The average molecular weight is 261 g/mol. The van der Waals surface area contributed by atoms with Crippen LogP contribution < -0.4 is 5.32 Å². The molecule has 1 amide bonds. The van der Waals surface area contributed by atoms with Crippen molar-refractivity contribution in [1.82, 2.24) is 5.32 Å². The van der Waals surface area contributed by atoms with Crippen molar-refractivity contribution < 1.29 is 15.0 Å². The average Bonchev–Trinajstić information content (AvgIpc) is 2.87. The molecule has 1 saturated carbocycles. The summed E-state index contributed by atoms with van der Waals surface area (Å²) >= 11 is 0. The number of hydrogen-bond acceptors (Lipinski definition) is 3. The van der Waals surface area contributed by atoms with Gasteiger partial charge in [-0.1, -0.05) is 25.0 Å². The fourth-order valence-corrected chi connectivity index (χ4v) is 2.43. The van der Waals surface area contributed by atoms with Gasteiger partial charge in [-0.15, -0.1) is 0 Å². The predicted molar refractivity (Wildman–Crippen MR) is 73.6 cm³/mol. The number of aliphatic hydroxyl groups is 1. The molecule has 0 saturated heterocycles. The van der Waals surface area contributed by atoms with E-state index in [0.717, 1.165) is 31.2 Å². The van der Waals surface area contributed by atoms with E-state index < -0.39 is 5.54 Å². The first-order valence-electron chi connectivity index (χ1n) is 6.54. The zero-order chi connectivity index (χ0) is 13.7. The van der Waals surface area contributed by atoms with Crippen LogP contribution >= 0.6 is 0 Å². The summed E-state index contributed by atoms with van der Waals surface area (Å²) in [5.41, 5.74) is 0.411. The standard InChI is InChI=1S/C15H19NO3/c17-11-15(9-1-2-10-15)16-14(19)8-5-12-3-6-13(18)7-4-12/h3-8,17-18H,1-2,9-11H2,(H,16,19). The largest absolute Gasteiger partial charge is 0.508 e. The van der Waals surface area contributed by atoms with Gasteiger partial charge in [0.25, 0.3) is 0 Å². The number of carbonyl (C=O) groups excluding carboxylic acids is 1.